The number of carbonyl (C=O) groups is 3. The van der Waals surface area contributed by atoms with Crippen molar-refractivity contribution in [3.8, 4) is 0 Å². The highest BCUT2D eigenvalue weighted by Gasteiger charge is 2.41. The molecule has 0 saturated carbocycles. The zero-order valence-electron chi connectivity index (χ0n) is 20.4. The minimum absolute atomic E-state index is 0.0322. The Morgan fingerprint density at radius 2 is 2.00 bits per heavy atom. The molecule has 3 amide bonds. The molecule has 2 N–H and O–H groups in total. The SMILES string of the molecule is CC1(C)C[C@H](N[C@H]2CCCO[C@@H]2Cc2ccc3c(c2F)CN(C2CCC(=O)NC2=O)C3=O)CCO1. The van der Waals surface area contributed by atoms with E-state index in [1.54, 1.807) is 12.1 Å². The van der Waals surface area contributed by atoms with E-state index in [9.17, 15) is 14.4 Å². The third kappa shape index (κ3) is 4.99. The summed E-state index contributed by atoms with van der Waals surface area (Å²) in [6.07, 6.45) is 4.47. The molecule has 4 aliphatic rings. The molecule has 1 aromatic rings. The molecule has 0 spiro atoms. The summed E-state index contributed by atoms with van der Waals surface area (Å²) in [6, 6.07) is 3.03. The molecule has 3 fully saturated rings. The van der Waals surface area contributed by atoms with Gasteiger partial charge >= 0.3 is 0 Å². The zero-order valence-corrected chi connectivity index (χ0v) is 20.4. The fraction of sp³-hybridized carbons (Fsp3) is 0.654. The van der Waals surface area contributed by atoms with E-state index in [0.29, 0.717) is 35.8 Å². The molecule has 0 radical (unpaired) electrons. The van der Waals surface area contributed by atoms with Gasteiger partial charge in [0.05, 0.1) is 18.2 Å². The summed E-state index contributed by atoms with van der Waals surface area (Å²) in [5.74, 6) is -1.60. The van der Waals surface area contributed by atoms with Gasteiger partial charge in [-0.15, -0.1) is 0 Å². The summed E-state index contributed by atoms with van der Waals surface area (Å²) in [5, 5.41) is 6.04. The van der Waals surface area contributed by atoms with E-state index in [0.717, 1.165) is 32.3 Å². The minimum atomic E-state index is -0.755. The number of hydrogen-bond donors (Lipinski definition) is 2. The number of carbonyl (C=O) groups excluding carboxylic acids is 3. The van der Waals surface area contributed by atoms with E-state index in [-0.39, 0.29) is 48.9 Å². The highest BCUT2D eigenvalue weighted by Crippen LogP contribution is 2.32. The molecule has 1 unspecified atom stereocenters. The molecule has 35 heavy (non-hydrogen) atoms. The van der Waals surface area contributed by atoms with Crippen molar-refractivity contribution in [2.75, 3.05) is 13.2 Å². The van der Waals surface area contributed by atoms with Crippen LogP contribution in [0.5, 0.6) is 0 Å². The number of nitrogens with one attached hydrogen (secondary N) is 2. The molecule has 5 rings (SSSR count). The lowest BCUT2D eigenvalue weighted by molar-refractivity contribution is -0.136. The van der Waals surface area contributed by atoms with Crippen LogP contribution in [0.4, 0.5) is 4.39 Å². The Bertz CT molecular complexity index is 1030. The number of halogens is 1. The topological polar surface area (TPSA) is 97.0 Å². The molecule has 4 atom stereocenters. The predicted molar refractivity (Wildman–Crippen MR) is 125 cm³/mol. The van der Waals surface area contributed by atoms with E-state index in [1.165, 1.54) is 4.90 Å². The third-order valence-corrected chi connectivity index (χ3v) is 7.74. The Balaban J connectivity index is 1.29. The van der Waals surface area contributed by atoms with Gasteiger partial charge in [-0.2, -0.15) is 0 Å². The van der Waals surface area contributed by atoms with Gasteiger partial charge in [0, 0.05) is 49.3 Å². The van der Waals surface area contributed by atoms with E-state index in [2.05, 4.69) is 24.5 Å². The number of piperidine rings is 1. The molecular weight excluding hydrogens is 453 g/mol. The van der Waals surface area contributed by atoms with E-state index in [1.807, 2.05) is 0 Å². The van der Waals surface area contributed by atoms with Gasteiger partial charge in [0.15, 0.2) is 0 Å². The lowest BCUT2D eigenvalue weighted by atomic mass is 9.90. The van der Waals surface area contributed by atoms with Crippen molar-refractivity contribution in [3.63, 3.8) is 0 Å². The first-order valence-corrected chi connectivity index (χ1v) is 12.7. The molecule has 4 aliphatic heterocycles. The van der Waals surface area contributed by atoms with Crippen LogP contribution in [-0.2, 0) is 32.0 Å². The van der Waals surface area contributed by atoms with E-state index >= 15 is 4.39 Å². The average Bonchev–Trinajstić information content (AvgIpc) is 3.13. The second-order valence-corrected chi connectivity index (χ2v) is 10.8. The van der Waals surface area contributed by atoms with Gasteiger partial charge in [-0.25, -0.2) is 4.39 Å². The Morgan fingerprint density at radius 1 is 1.17 bits per heavy atom. The van der Waals surface area contributed by atoms with Crippen LogP contribution in [0, 0.1) is 5.82 Å². The van der Waals surface area contributed by atoms with Crippen LogP contribution in [0.3, 0.4) is 0 Å². The standard InChI is InChI=1S/C26H34FN3O5/c1-26(2)13-16(9-11-35-26)28-19-4-3-10-34-21(19)12-15-5-6-17-18(23(15)27)14-30(25(17)33)20-7-8-22(31)29-24(20)32/h5-6,16,19-21,28H,3-4,7-14H2,1-2H3,(H,29,31,32)/t16-,19+,20?,21-/m1/s1. The van der Waals surface area contributed by atoms with Crippen molar-refractivity contribution in [3.05, 3.63) is 34.6 Å². The van der Waals surface area contributed by atoms with Gasteiger partial charge in [0.1, 0.15) is 11.9 Å². The van der Waals surface area contributed by atoms with E-state index in [4.69, 9.17) is 9.47 Å². The third-order valence-electron chi connectivity index (χ3n) is 7.74. The number of amides is 3. The van der Waals surface area contributed by atoms with Crippen LogP contribution in [0.15, 0.2) is 12.1 Å². The molecule has 0 aromatic heterocycles. The average molecular weight is 488 g/mol. The number of imide groups is 1. The molecular formula is C26H34FN3O5. The maximum atomic E-state index is 15.7. The van der Waals surface area contributed by atoms with Crippen LogP contribution >= 0.6 is 0 Å². The molecule has 1 aromatic carbocycles. The Morgan fingerprint density at radius 3 is 2.77 bits per heavy atom. The molecule has 190 valence electrons. The summed E-state index contributed by atoms with van der Waals surface area (Å²) in [6.45, 7) is 5.62. The first kappa shape index (κ1) is 24.3. The number of benzene rings is 1. The van der Waals surface area contributed by atoms with Crippen molar-refractivity contribution in [2.24, 2.45) is 0 Å². The highest BCUT2D eigenvalue weighted by atomic mass is 19.1. The van der Waals surface area contributed by atoms with Gasteiger partial charge in [0.2, 0.25) is 11.8 Å². The number of rotatable bonds is 5. The first-order valence-electron chi connectivity index (χ1n) is 12.7. The molecule has 3 saturated heterocycles. The summed E-state index contributed by atoms with van der Waals surface area (Å²) in [5.41, 5.74) is 0.976. The number of ether oxygens (including phenoxy) is 2. The fourth-order valence-electron chi connectivity index (χ4n) is 5.94. The van der Waals surface area contributed by atoms with Gasteiger partial charge < -0.3 is 19.7 Å². The second-order valence-electron chi connectivity index (χ2n) is 10.8. The van der Waals surface area contributed by atoms with Crippen molar-refractivity contribution >= 4 is 17.7 Å². The number of hydrogen-bond acceptors (Lipinski definition) is 6. The molecule has 8 nitrogen and oxygen atoms in total. The maximum Gasteiger partial charge on any atom is 0.255 e. The van der Waals surface area contributed by atoms with Crippen LogP contribution in [0.1, 0.15) is 73.9 Å². The Labute approximate surface area is 204 Å². The Hall–Kier alpha value is -2.36. The van der Waals surface area contributed by atoms with Gasteiger partial charge in [0.25, 0.3) is 5.91 Å². The first-order chi connectivity index (χ1) is 16.7. The summed E-state index contributed by atoms with van der Waals surface area (Å²) < 4.78 is 27.6. The molecule has 9 heteroatoms. The van der Waals surface area contributed by atoms with Gasteiger partial charge in [-0.3, -0.25) is 19.7 Å². The predicted octanol–water partition coefficient (Wildman–Crippen LogP) is 2.22. The fourth-order valence-corrected chi connectivity index (χ4v) is 5.94. The van der Waals surface area contributed by atoms with Crippen LogP contribution < -0.4 is 10.6 Å². The summed E-state index contributed by atoms with van der Waals surface area (Å²) in [4.78, 5) is 38.1. The quantitative estimate of drug-likeness (QED) is 0.619. The van der Waals surface area contributed by atoms with Gasteiger partial charge in [-0.05, 0) is 57.6 Å². The normalized spacial score (nSPS) is 30.8. The lowest BCUT2D eigenvalue weighted by Gasteiger charge is -2.40. The molecule has 0 aliphatic carbocycles. The molecule has 0 bridgehead atoms. The number of nitrogens with zero attached hydrogens (tertiary/aromatic N) is 1. The van der Waals surface area contributed by atoms with Crippen molar-refractivity contribution < 1.29 is 28.2 Å². The molecule has 4 heterocycles. The Kier molecular flexibility index (Phi) is 6.67. The largest absolute Gasteiger partial charge is 0.376 e. The summed E-state index contributed by atoms with van der Waals surface area (Å²) >= 11 is 0. The van der Waals surface area contributed by atoms with Crippen LogP contribution in [0.2, 0.25) is 0 Å². The van der Waals surface area contributed by atoms with Crippen LogP contribution in [0.25, 0.3) is 0 Å². The van der Waals surface area contributed by atoms with Crippen molar-refractivity contribution in [2.45, 2.75) is 95.2 Å². The smallest absolute Gasteiger partial charge is 0.255 e. The highest BCUT2D eigenvalue weighted by molar-refractivity contribution is 6.05. The van der Waals surface area contributed by atoms with Crippen LogP contribution in [-0.4, -0.2) is 65.7 Å². The monoisotopic (exact) mass is 487 g/mol. The maximum absolute atomic E-state index is 15.7. The van der Waals surface area contributed by atoms with E-state index < -0.39 is 17.8 Å². The zero-order chi connectivity index (χ0) is 24.7. The lowest BCUT2D eigenvalue weighted by Crippen LogP contribution is -2.53. The van der Waals surface area contributed by atoms with Gasteiger partial charge in [-0.1, -0.05) is 6.07 Å². The minimum Gasteiger partial charge on any atom is -0.376 e. The van der Waals surface area contributed by atoms with Crippen molar-refractivity contribution in [1.82, 2.24) is 15.5 Å². The number of fused-ring (bicyclic) bond motifs is 1. The second kappa shape index (κ2) is 9.59. The van der Waals surface area contributed by atoms with Crippen molar-refractivity contribution in [1.29, 1.82) is 0 Å². The summed E-state index contributed by atoms with van der Waals surface area (Å²) in [7, 11) is 0.